The van der Waals surface area contributed by atoms with E-state index >= 15 is 0 Å². The molecule has 0 aromatic heterocycles. The third-order valence-electron chi connectivity index (χ3n) is 4.75. The van der Waals surface area contributed by atoms with Crippen molar-refractivity contribution in [2.45, 2.75) is 10.9 Å². The van der Waals surface area contributed by atoms with Crippen molar-refractivity contribution in [1.82, 2.24) is 0 Å². The number of amidine groups is 1. The van der Waals surface area contributed by atoms with Crippen molar-refractivity contribution in [3.63, 3.8) is 0 Å². The molecule has 3 aromatic carbocycles. The van der Waals surface area contributed by atoms with Gasteiger partial charge < -0.3 is 4.90 Å². The van der Waals surface area contributed by atoms with Crippen LogP contribution in [-0.4, -0.2) is 27.1 Å². The van der Waals surface area contributed by atoms with Crippen molar-refractivity contribution >= 4 is 33.0 Å². The molecule has 0 fully saturated rings. The highest BCUT2D eigenvalue weighted by atomic mass is 35.5. The van der Waals surface area contributed by atoms with Crippen molar-refractivity contribution in [2.75, 3.05) is 17.7 Å². The van der Waals surface area contributed by atoms with Gasteiger partial charge in [-0.15, -0.1) is 0 Å². The second-order valence-electron chi connectivity index (χ2n) is 6.76. The van der Waals surface area contributed by atoms with Crippen molar-refractivity contribution in [3.8, 4) is 0 Å². The Bertz CT molecular complexity index is 1110. The number of benzene rings is 3. The molecule has 0 radical (unpaired) electrons. The van der Waals surface area contributed by atoms with E-state index in [1.807, 2.05) is 54.6 Å². The van der Waals surface area contributed by atoms with E-state index in [0.717, 1.165) is 22.6 Å². The zero-order valence-electron chi connectivity index (χ0n) is 15.3. The average molecular weight is 411 g/mol. The third-order valence-corrected chi connectivity index (χ3v) is 6.13. The summed E-state index contributed by atoms with van der Waals surface area (Å²) in [6.07, 6.45) is 1.21. The average Bonchev–Trinajstić information content (AvgIpc) is 3.14. The maximum atomic E-state index is 11.8. The first kappa shape index (κ1) is 18.7. The minimum atomic E-state index is -3.23. The molecule has 28 heavy (non-hydrogen) atoms. The van der Waals surface area contributed by atoms with Crippen LogP contribution in [0.15, 0.2) is 88.8 Å². The minimum Gasteiger partial charge on any atom is -0.324 e. The molecule has 1 heterocycles. The summed E-state index contributed by atoms with van der Waals surface area (Å²) in [4.78, 5) is 7.39. The Morgan fingerprint density at radius 3 is 2.18 bits per heavy atom. The first-order valence-electron chi connectivity index (χ1n) is 8.88. The van der Waals surface area contributed by atoms with Gasteiger partial charge in [0.1, 0.15) is 5.84 Å². The summed E-state index contributed by atoms with van der Waals surface area (Å²) in [5.41, 5.74) is 3.01. The number of rotatable bonds is 4. The molecule has 0 saturated carbocycles. The van der Waals surface area contributed by atoms with Crippen molar-refractivity contribution < 1.29 is 8.42 Å². The van der Waals surface area contributed by atoms with Gasteiger partial charge in [-0.3, -0.25) is 4.99 Å². The van der Waals surface area contributed by atoms with Crippen LogP contribution in [0.1, 0.15) is 17.2 Å². The highest BCUT2D eigenvalue weighted by molar-refractivity contribution is 7.90. The Morgan fingerprint density at radius 2 is 1.57 bits per heavy atom. The van der Waals surface area contributed by atoms with Gasteiger partial charge in [0, 0.05) is 22.5 Å². The normalized spacial score (nSPS) is 16.9. The fraction of sp³-hybridized carbons (Fsp3) is 0.136. The minimum absolute atomic E-state index is 0.00135. The standard InChI is InChI=1S/C22H19ClN2O2S/c1-28(26,27)20-13-11-19(12-14-20)25-15-21(16-5-3-2-4-6-16)24-22(25)17-7-9-18(23)10-8-17/h2-14,21H,15H2,1H3. The molecule has 0 bridgehead atoms. The summed E-state index contributed by atoms with van der Waals surface area (Å²) in [5, 5.41) is 0.672. The highest BCUT2D eigenvalue weighted by Gasteiger charge is 2.28. The Morgan fingerprint density at radius 1 is 0.929 bits per heavy atom. The molecule has 6 heteroatoms. The van der Waals surface area contributed by atoms with E-state index in [-0.39, 0.29) is 6.04 Å². The van der Waals surface area contributed by atoms with E-state index < -0.39 is 9.84 Å². The van der Waals surface area contributed by atoms with Crippen LogP contribution >= 0.6 is 11.6 Å². The van der Waals surface area contributed by atoms with Crippen molar-refractivity contribution in [1.29, 1.82) is 0 Å². The zero-order chi connectivity index (χ0) is 19.7. The molecule has 4 nitrogen and oxygen atoms in total. The van der Waals surface area contributed by atoms with Gasteiger partial charge in [0.2, 0.25) is 0 Å². The fourth-order valence-corrected chi connectivity index (χ4v) is 4.06. The molecule has 0 saturated heterocycles. The maximum Gasteiger partial charge on any atom is 0.175 e. The van der Waals surface area contributed by atoms with Crippen LogP contribution in [0, 0.1) is 0 Å². The summed E-state index contributed by atoms with van der Waals surface area (Å²) >= 11 is 6.05. The van der Waals surface area contributed by atoms with Crippen LogP contribution in [0.5, 0.6) is 0 Å². The van der Waals surface area contributed by atoms with E-state index in [4.69, 9.17) is 16.6 Å². The smallest absolute Gasteiger partial charge is 0.175 e. The number of nitrogens with zero attached hydrogens (tertiary/aromatic N) is 2. The Kier molecular flexibility index (Phi) is 4.96. The number of sulfone groups is 1. The predicted molar refractivity (Wildman–Crippen MR) is 114 cm³/mol. The van der Waals surface area contributed by atoms with E-state index in [1.54, 1.807) is 12.1 Å². The number of aliphatic imine (C=N–C) groups is 1. The Hall–Kier alpha value is -2.63. The summed E-state index contributed by atoms with van der Waals surface area (Å²) in [5.74, 6) is 0.845. The van der Waals surface area contributed by atoms with Crippen molar-refractivity contribution in [2.24, 2.45) is 4.99 Å². The second kappa shape index (κ2) is 7.41. The summed E-state index contributed by atoms with van der Waals surface area (Å²) in [7, 11) is -3.23. The van der Waals surface area contributed by atoms with Gasteiger partial charge in [-0.2, -0.15) is 0 Å². The molecule has 0 amide bonds. The topological polar surface area (TPSA) is 49.7 Å². The lowest BCUT2D eigenvalue weighted by molar-refractivity contribution is 0.602. The second-order valence-corrected chi connectivity index (χ2v) is 9.21. The molecule has 4 rings (SSSR count). The molecular formula is C22H19ClN2O2S. The van der Waals surface area contributed by atoms with Crippen LogP contribution in [0.2, 0.25) is 5.02 Å². The molecule has 1 aliphatic heterocycles. The maximum absolute atomic E-state index is 11.8. The van der Waals surface area contributed by atoms with Gasteiger partial charge in [-0.05, 0) is 54.1 Å². The number of hydrogen-bond donors (Lipinski definition) is 0. The van der Waals surface area contributed by atoms with Gasteiger partial charge in [0.15, 0.2) is 9.84 Å². The first-order valence-corrected chi connectivity index (χ1v) is 11.1. The zero-order valence-corrected chi connectivity index (χ0v) is 16.9. The summed E-state index contributed by atoms with van der Waals surface area (Å²) in [6.45, 7) is 0.681. The number of hydrogen-bond acceptors (Lipinski definition) is 4. The SMILES string of the molecule is CS(=O)(=O)c1ccc(N2CC(c3ccccc3)N=C2c2ccc(Cl)cc2)cc1. The van der Waals surface area contributed by atoms with E-state index in [9.17, 15) is 8.42 Å². The van der Waals surface area contributed by atoms with E-state index in [2.05, 4.69) is 17.0 Å². The predicted octanol–water partition coefficient (Wildman–Crippen LogP) is 4.75. The lowest BCUT2D eigenvalue weighted by Gasteiger charge is -2.22. The van der Waals surface area contributed by atoms with Gasteiger partial charge >= 0.3 is 0 Å². The highest BCUT2D eigenvalue weighted by Crippen LogP contribution is 2.32. The van der Waals surface area contributed by atoms with Crippen LogP contribution < -0.4 is 4.90 Å². The van der Waals surface area contributed by atoms with E-state index in [1.165, 1.54) is 6.26 Å². The molecule has 0 N–H and O–H groups in total. The molecule has 1 atom stereocenters. The lowest BCUT2D eigenvalue weighted by atomic mass is 10.1. The van der Waals surface area contributed by atoms with Crippen LogP contribution in [0.3, 0.4) is 0 Å². The number of halogens is 1. The molecule has 0 aliphatic carbocycles. The molecular weight excluding hydrogens is 392 g/mol. The largest absolute Gasteiger partial charge is 0.324 e. The van der Waals surface area contributed by atoms with E-state index in [0.29, 0.717) is 16.5 Å². The Labute approximate surface area is 170 Å². The summed E-state index contributed by atoms with van der Waals surface area (Å²) in [6, 6.07) is 24.7. The molecule has 1 aliphatic rings. The Balaban J connectivity index is 1.74. The quantitative estimate of drug-likeness (QED) is 0.623. The molecule has 3 aromatic rings. The lowest BCUT2D eigenvalue weighted by Crippen LogP contribution is -2.28. The number of anilines is 1. The summed E-state index contributed by atoms with van der Waals surface area (Å²) < 4.78 is 23.5. The van der Waals surface area contributed by atoms with Gasteiger partial charge in [0.05, 0.1) is 17.5 Å². The van der Waals surface area contributed by atoms with Crippen LogP contribution in [0.25, 0.3) is 0 Å². The fourth-order valence-electron chi connectivity index (χ4n) is 3.30. The molecule has 142 valence electrons. The van der Waals surface area contributed by atoms with Crippen LogP contribution in [0.4, 0.5) is 5.69 Å². The first-order chi connectivity index (χ1) is 13.4. The molecule has 1 unspecified atom stereocenters. The van der Waals surface area contributed by atoms with Gasteiger partial charge in [-0.1, -0.05) is 41.9 Å². The van der Waals surface area contributed by atoms with Gasteiger partial charge in [0.25, 0.3) is 0 Å². The molecule has 0 spiro atoms. The van der Waals surface area contributed by atoms with Gasteiger partial charge in [-0.25, -0.2) is 8.42 Å². The third kappa shape index (κ3) is 3.81. The van der Waals surface area contributed by atoms with Crippen LogP contribution in [-0.2, 0) is 9.84 Å². The monoisotopic (exact) mass is 410 g/mol. The van der Waals surface area contributed by atoms with Crippen molar-refractivity contribution in [3.05, 3.63) is 95.0 Å².